The molecule has 6 rings (SSSR count). The van der Waals surface area contributed by atoms with Crippen LogP contribution in [0.3, 0.4) is 0 Å². The molecule has 2 heterocycles. The van der Waals surface area contributed by atoms with Crippen molar-refractivity contribution in [1.29, 1.82) is 0 Å². The molecular weight excluding hydrogens is 816 g/mol. The molecule has 0 radical (unpaired) electrons. The first-order valence-electron chi connectivity index (χ1n) is 20.9. The summed E-state index contributed by atoms with van der Waals surface area (Å²) < 4.78 is 5.09. The van der Waals surface area contributed by atoms with Crippen LogP contribution in [0.2, 0.25) is 0 Å². The van der Waals surface area contributed by atoms with Crippen molar-refractivity contribution in [3.05, 3.63) is 144 Å². The van der Waals surface area contributed by atoms with Crippen molar-refractivity contribution in [2.45, 2.75) is 83.0 Å². The summed E-state index contributed by atoms with van der Waals surface area (Å²) >= 11 is 0. The zero-order valence-electron chi connectivity index (χ0n) is 37.9. The first kappa shape index (κ1) is 57.3. The number of benzene rings is 4. The number of nitrogens with zero attached hydrogens (tertiary/aromatic N) is 4. The summed E-state index contributed by atoms with van der Waals surface area (Å²) in [5.41, 5.74) is 3.57. The number of methoxy groups -OCH3 is 1. The number of piperidine rings is 2. The van der Waals surface area contributed by atoms with E-state index in [9.17, 15) is 24.3 Å². The predicted octanol–water partition coefficient (Wildman–Crippen LogP) is 3.16. The monoisotopic (exact) mass is 880 g/mol. The number of aliphatic carboxylic acids is 1. The van der Waals surface area contributed by atoms with Crippen molar-refractivity contribution in [1.82, 2.24) is 19.6 Å². The van der Waals surface area contributed by atoms with E-state index in [0.717, 1.165) is 35.1 Å². The van der Waals surface area contributed by atoms with Crippen molar-refractivity contribution in [2.24, 2.45) is 0 Å². The molecule has 0 unspecified atom stereocenters. The molecule has 2 aliphatic heterocycles. The van der Waals surface area contributed by atoms with E-state index in [-0.39, 0.29) is 67.1 Å². The molecule has 0 spiro atoms. The Kier molecular flexibility index (Phi) is 25.6. The topological polar surface area (TPSA) is 172 Å². The summed E-state index contributed by atoms with van der Waals surface area (Å²) in [6.07, 6.45) is 2.46. The first-order valence-corrected chi connectivity index (χ1v) is 20.9. The number of esters is 1. The number of likely N-dealkylation sites (tertiary alicyclic amines) is 2. The molecule has 2 aliphatic rings. The van der Waals surface area contributed by atoms with Gasteiger partial charge in [-0.15, -0.1) is 11.8 Å². The number of hydrogen-bond donors (Lipinski definition) is 1. The van der Waals surface area contributed by atoms with Crippen LogP contribution >= 0.6 is 0 Å². The van der Waals surface area contributed by atoms with E-state index < -0.39 is 29.9 Å². The number of amides is 2. The summed E-state index contributed by atoms with van der Waals surface area (Å²) in [5.74, 6) is 9.37. The van der Waals surface area contributed by atoms with Gasteiger partial charge in [-0.2, -0.15) is 0 Å². The van der Waals surface area contributed by atoms with Crippen LogP contribution in [0.25, 0.3) is 0 Å². The van der Waals surface area contributed by atoms with Crippen LogP contribution < -0.4 is 18.9 Å². The fourth-order valence-corrected chi connectivity index (χ4v) is 8.35. The van der Waals surface area contributed by atoms with Gasteiger partial charge in [-0.3, -0.25) is 19.4 Å². The standard InChI is InChI=1S/C26H30N2O3.C25H28N2O3.CH4.Li.2H2O/c1-4-5-17-27(2)22-16-18-28(23(19-22)26(30)31-3)25(29)24(20-12-8-6-9-13-20)21-14-10-7-11-15-21;1-3-4-16-26(2)21-15-17-27(22(18-21)25(29)30)24(28)23(19-11-7-5-8-12-19)20-13-9-6-10-14-20;;;;/h6-15,22-24H,16-19H2,1-3H3;5-14,21-23H,15-18H2,1-2H3,(H,29,30);1H4;;2*1H2/q;;;+1;;/p-1/t22-,23-;21-,22-;;;;/m00..../s1. The minimum atomic E-state index is -0.956. The molecule has 0 aliphatic carbocycles. The van der Waals surface area contributed by atoms with Crippen molar-refractivity contribution in [3.8, 4) is 23.7 Å². The van der Waals surface area contributed by atoms with Crippen molar-refractivity contribution < 1.29 is 58.8 Å². The zero-order chi connectivity index (χ0) is 43.7. The van der Waals surface area contributed by atoms with E-state index >= 15 is 0 Å². The smallest absolute Gasteiger partial charge is 0.870 e. The molecule has 4 aromatic rings. The van der Waals surface area contributed by atoms with Crippen molar-refractivity contribution in [2.75, 3.05) is 47.4 Å². The molecule has 0 saturated carbocycles. The van der Waals surface area contributed by atoms with E-state index in [2.05, 4.69) is 33.5 Å². The Morgan fingerprint density at radius 1 is 0.631 bits per heavy atom. The van der Waals surface area contributed by atoms with Crippen LogP contribution in [0.15, 0.2) is 121 Å². The Bertz CT molecular complexity index is 2100. The van der Waals surface area contributed by atoms with Crippen molar-refractivity contribution >= 4 is 23.8 Å². The fraction of sp³-hybridized carbons (Fsp3) is 0.385. The van der Waals surface area contributed by atoms with Crippen LogP contribution in [0, 0.1) is 23.7 Å². The molecular formula is C52H65LiN4O8. The summed E-state index contributed by atoms with van der Waals surface area (Å²) in [4.78, 5) is 59.9. The molecule has 4 atom stereocenters. The maximum atomic E-state index is 13.9. The van der Waals surface area contributed by atoms with Crippen LogP contribution in [0.4, 0.5) is 0 Å². The first-order chi connectivity index (χ1) is 29.6. The van der Waals surface area contributed by atoms with Gasteiger partial charge < -0.3 is 30.6 Å². The van der Waals surface area contributed by atoms with Gasteiger partial charge in [0.05, 0.1) is 32.0 Å². The van der Waals surface area contributed by atoms with Gasteiger partial charge in [0.15, 0.2) is 0 Å². The Morgan fingerprint density at radius 3 is 1.23 bits per heavy atom. The molecule has 342 valence electrons. The molecule has 13 heteroatoms. The van der Waals surface area contributed by atoms with E-state index in [4.69, 9.17) is 4.74 Å². The zero-order valence-corrected chi connectivity index (χ0v) is 37.9. The van der Waals surface area contributed by atoms with E-state index in [1.807, 2.05) is 142 Å². The SMILES string of the molecule is C.CC#CCN(C)[C@H]1CCN(C(=O)C(c2ccccc2)c2ccccc2)[C@H](C(=O)O)C1.CC#CCN(C)[C@H]1CCN(C(=O)C(c2ccccc2)c2ccccc2)[C@H](C(=O)OC)C1.O.[Li+].[OH-]. The number of carboxylic acids is 1. The predicted molar refractivity (Wildman–Crippen MR) is 251 cm³/mol. The van der Waals surface area contributed by atoms with Gasteiger partial charge >= 0.3 is 30.8 Å². The molecule has 2 saturated heterocycles. The summed E-state index contributed by atoms with van der Waals surface area (Å²) in [6.45, 7) is 5.77. The molecule has 0 aromatic heterocycles. The second-order valence-corrected chi connectivity index (χ2v) is 15.5. The molecule has 65 heavy (non-hydrogen) atoms. The molecule has 2 amide bonds. The van der Waals surface area contributed by atoms with Gasteiger partial charge in [-0.25, -0.2) is 9.59 Å². The Morgan fingerprint density at radius 2 is 0.938 bits per heavy atom. The largest absolute Gasteiger partial charge is 1.00 e. The average molecular weight is 881 g/mol. The van der Waals surface area contributed by atoms with Gasteiger partial charge in [0.2, 0.25) is 11.8 Å². The third-order valence-electron chi connectivity index (χ3n) is 11.8. The van der Waals surface area contributed by atoms with Crippen LogP contribution in [-0.4, -0.2) is 131 Å². The second kappa shape index (κ2) is 29.0. The quantitative estimate of drug-likeness (QED) is 0.128. The molecule has 2 fully saturated rings. The van der Waals surface area contributed by atoms with E-state index in [1.165, 1.54) is 7.11 Å². The van der Waals surface area contributed by atoms with Crippen LogP contribution in [0.1, 0.15) is 81.0 Å². The third kappa shape index (κ3) is 15.2. The van der Waals surface area contributed by atoms with E-state index in [0.29, 0.717) is 39.0 Å². The third-order valence-corrected chi connectivity index (χ3v) is 11.8. The summed E-state index contributed by atoms with van der Waals surface area (Å²) in [5, 5.41) is 9.92. The number of carbonyl (C=O) groups excluding carboxylic acids is 3. The maximum Gasteiger partial charge on any atom is 1.00 e. The minimum Gasteiger partial charge on any atom is -0.870 e. The molecule has 12 nitrogen and oxygen atoms in total. The maximum absolute atomic E-state index is 13.9. The Balaban J connectivity index is 0.000000613. The summed E-state index contributed by atoms with van der Waals surface area (Å²) in [7, 11) is 5.35. The number of carbonyl (C=O) groups is 4. The average Bonchev–Trinajstić information content (AvgIpc) is 3.31. The van der Waals surface area contributed by atoms with Crippen LogP contribution in [-0.2, 0) is 23.9 Å². The molecule has 0 bridgehead atoms. The molecule has 4 aromatic carbocycles. The Labute approximate surface area is 398 Å². The number of ether oxygens (including phenoxy) is 1. The normalized spacial score (nSPS) is 17.4. The van der Waals surface area contributed by atoms with Gasteiger partial charge in [0, 0.05) is 25.2 Å². The summed E-state index contributed by atoms with van der Waals surface area (Å²) in [6, 6.07) is 37.4. The van der Waals surface area contributed by atoms with Gasteiger partial charge in [-0.05, 0) is 75.9 Å². The fourth-order valence-electron chi connectivity index (χ4n) is 8.35. The number of carboxylic acid groups (broad SMARTS) is 1. The Hall–Kier alpha value is -5.68. The second-order valence-electron chi connectivity index (χ2n) is 15.5. The minimum absolute atomic E-state index is 0. The van der Waals surface area contributed by atoms with Gasteiger partial charge in [0.1, 0.15) is 12.1 Å². The van der Waals surface area contributed by atoms with Crippen molar-refractivity contribution in [3.63, 3.8) is 0 Å². The van der Waals surface area contributed by atoms with E-state index in [1.54, 1.807) is 16.7 Å². The number of rotatable bonds is 12. The number of hydrogen-bond acceptors (Lipinski definition) is 8. The van der Waals surface area contributed by atoms with Crippen LogP contribution in [0.5, 0.6) is 0 Å². The molecule has 4 N–H and O–H groups in total. The van der Waals surface area contributed by atoms with Gasteiger partial charge in [0.25, 0.3) is 0 Å². The van der Waals surface area contributed by atoms with Gasteiger partial charge in [-0.1, -0.05) is 141 Å².